The topological polar surface area (TPSA) is 40.5 Å². The van der Waals surface area contributed by atoms with E-state index in [-0.39, 0.29) is 17.9 Å². The van der Waals surface area contributed by atoms with Crippen molar-refractivity contribution in [3.63, 3.8) is 0 Å². The van der Waals surface area contributed by atoms with E-state index in [9.17, 15) is 4.79 Å². The highest BCUT2D eigenvalue weighted by molar-refractivity contribution is 5.94. The minimum absolute atomic E-state index is 0.0975. The Morgan fingerprint density at radius 2 is 2.20 bits per heavy atom. The quantitative estimate of drug-likeness (QED) is 0.796. The second-order valence-electron chi connectivity index (χ2n) is 6.13. The number of nitrogens with zero attached hydrogens (tertiary/aromatic N) is 1. The van der Waals surface area contributed by atoms with Gasteiger partial charge in [0, 0.05) is 24.2 Å². The first kappa shape index (κ1) is 14.6. The molecule has 2 rings (SSSR count). The first-order chi connectivity index (χ1) is 9.43. The average molecular weight is 271 g/mol. The predicted octanol–water partition coefficient (Wildman–Crippen LogP) is 2.21. The molecule has 0 aromatic heterocycles. The van der Waals surface area contributed by atoms with Gasteiger partial charge in [0.15, 0.2) is 0 Å². The van der Waals surface area contributed by atoms with Crippen LogP contribution < -0.4 is 0 Å². The molecule has 1 aliphatic heterocycles. The van der Waals surface area contributed by atoms with Crippen molar-refractivity contribution in [3.8, 4) is 11.8 Å². The summed E-state index contributed by atoms with van der Waals surface area (Å²) in [6.07, 6.45) is 1.05. The van der Waals surface area contributed by atoms with Crippen molar-refractivity contribution in [1.29, 1.82) is 0 Å². The summed E-state index contributed by atoms with van der Waals surface area (Å²) in [5.74, 6) is 5.61. The van der Waals surface area contributed by atoms with Crippen LogP contribution in [0.4, 0.5) is 0 Å². The van der Waals surface area contributed by atoms with Crippen molar-refractivity contribution in [2.75, 3.05) is 19.7 Å². The fourth-order valence-electron chi connectivity index (χ4n) is 2.54. The lowest BCUT2D eigenvalue weighted by Crippen LogP contribution is -2.30. The standard InChI is InChI=1S/C17H21NO2/c1-13-11-15(7-6-14(13)5-4-10-19)16(20)18-9-8-17(2,3)12-18/h6-7,11,19H,8-10,12H2,1-3H3. The number of carbonyl (C=O) groups is 1. The molecule has 0 bridgehead atoms. The van der Waals surface area contributed by atoms with E-state index in [1.165, 1.54) is 0 Å². The minimum Gasteiger partial charge on any atom is -0.384 e. The average Bonchev–Trinajstić information content (AvgIpc) is 2.77. The van der Waals surface area contributed by atoms with Gasteiger partial charge < -0.3 is 10.0 Å². The van der Waals surface area contributed by atoms with Crippen LogP contribution in [0.25, 0.3) is 0 Å². The third-order valence-corrected chi connectivity index (χ3v) is 3.74. The van der Waals surface area contributed by atoms with Gasteiger partial charge in [-0.2, -0.15) is 0 Å². The number of aliphatic hydroxyl groups excluding tert-OH is 1. The van der Waals surface area contributed by atoms with Gasteiger partial charge in [-0.25, -0.2) is 0 Å². The van der Waals surface area contributed by atoms with E-state index in [4.69, 9.17) is 5.11 Å². The lowest BCUT2D eigenvalue weighted by atomic mass is 9.93. The van der Waals surface area contributed by atoms with Gasteiger partial charge in [0.1, 0.15) is 6.61 Å². The largest absolute Gasteiger partial charge is 0.384 e. The van der Waals surface area contributed by atoms with Crippen LogP contribution in [0.15, 0.2) is 18.2 Å². The zero-order valence-corrected chi connectivity index (χ0v) is 12.4. The number of aliphatic hydroxyl groups is 1. The van der Waals surface area contributed by atoms with Gasteiger partial charge in [-0.3, -0.25) is 4.79 Å². The number of benzene rings is 1. The van der Waals surface area contributed by atoms with Crippen LogP contribution in [-0.2, 0) is 0 Å². The maximum absolute atomic E-state index is 12.5. The number of likely N-dealkylation sites (tertiary alicyclic amines) is 1. The molecular formula is C17H21NO2. The number of aryl methyl sites for hydroxylation is 1. The Balaban J connectivity index is 2.18. The normalized spacial score (nSPS) is 16.7. The minimum atomic E-state index is -0.150. The predicted molar refractivity (Wildman–Crippen MR) is 79.4 cm³/mol. The van der Waals surface area contributed by atoms with Crippen molar-refractivity contribution >= 4 is 5.91 Å². The summed E-state index contributed by atoms with van der Waals surface area (Å²) in [4.78, 5) is 14.4. The zero-order chi connectivity index (χ0) is 14.8. The molecule has 20 heavy (non-hydrogen) atoms. The van der Waals surface area contributed by atoms with Gasteiger partial charge in [0.2, 0.25) is 0 Å². The van der Waals surface area contributed by atoms with Crippen LogP contribution in [0.3, 0.4) is 0 Å². The number of rotatable bonds is 1. The first-order valence-corrected chi connectivity index (χ1v) is 6.93. The van der Waals surface area contributed by atoms with Crippen molar-refractivity contribution in [2.24, 2.45) is 5.41 Å². The molecule has 3 heteroatoms. The molecule has 106 valence electrons. The number of hydrogen-bond acceptors (Lipinski definition) is 2. The van der Waals surface area contributed by atoms with Gasteiger partial charge in [-0.15, -0.1) is 0 Å². The van der Waals surface area contributed by atoms with Crippen LogP contribution in [0.2, 0.25) is 0 Å². The van der Waals surface area contributed by atoms with Crippen LogP contribution in [0.5, 0.6) is 0 Å². The highest BCUT2D eigenvalue weighted by Gasteiger charge is 2.32. The first-order valence-electron chi connectivity index (χ1n) is 6.93. The van der Waals surface area contributed by atoms with Crippen LogP contribution >= 0.6 is 0 Å². The molecule has 1 fully saturated rings. The Labute approximate surface area is 120 Å². The Morgan fingerprint density at radius 1 is 1.45 bits per heavy atom. The third-order valence-electron chi connectivity index (χ3n) is 3.74. The van der Waals surface area contributed by atoms with E-state index in [1.807, 2.05) is 30.0 Å². The van der Waals surface area contributed by atoms with Crippen LogP contribution in [-0.4, -0.2) is 35.6 Å². The summed E-state index contributed by atoms with van der Waals surface area (Å²) >= 11 is 0. The van der Waals surface area contributed by atoms with E-state index in [0.717, 1.165) is 36.2 Å². The monoisotopic (exact) mass is 271 g/mol. The van der Waals surface area contributed by atoms with Crippen molar-refractivity contribution in [3.05, 3.63) is 34.9 Å². The molecule has 1 saturated heterocycles. The molecule has 1 N–H and O–H groups in total. The maximum atomic E-state index is 12.5. The maximum Gasteiger partial charge on any atom is 0.253 e. The van der Waals surface area contributed by atoms with E-state index >= 15 is 0 Å². The number of carbonyl (C=O) groups excluding carboxylic acids is 1. The van der Waals surface area contributed by atoms with Gasteiger partial charge in [0.05, 0.1) is 0 Å². The van der Waals surface area contributed by atoms with Crippen molar-refractivity contribution in [2.45, 2.75) is 27.2 Å². The van der Waals surface area contributed by atoms with Gasteiger partial charge >= 0.3 is 0 Å². The Bertz CT molecular complexity index is 578. The van der Waals surface area contributed by atoms with Gasteiger partial charge in [0.25, 0.3) is 5.91 Å². The fourth-order valence-corrected chi connectivity index (χ4v) is 2.54. The Hall–Kier alpha value is -1.79. The van der Waals surface area contributed by atoms with E-state index in [1.54, 1.807) is 0 Å². The highest BCUT2D eigenvalue weighted by Crippen LogP contribution is 2.29. The van der Waals surface area contributed by atoms with Crippen LogP contribution in [0, 0.1) is 24.2 Å². The molecule has 1 amide bonds. The highest BCUT2D eigenvalue weighted by atomic mass is 16.2. The van der Waals surface area contributed by atoms with Gasteiger partial charge in [-0.05, 0) is 42.5 Å². The van der Waals surface area contributed by atoms with Crippen molar-refractivity contribution < 1.29 is 9.90 Å². The van der Waals surface area contributed by atoms with Crippen molar-refractivity contribution in [1.82, 2.24) is 4.90 Å². The number of hydrogen-bond donors (Lipinski definition) is 1. The van der Waals surface area contributed by atoms with E-state index in [0.29, 0.717) is 0 Å². The Kier molecular flexibility index (Phi) is 4.15. The van der Waals surface area contributed by atoms with E-state index in [2.05, 4.69) is 25.7 Å². The molecule has 1 aliphatic rings. The van der Waals surface area contributed by atoms with Crippen LogP contribution in [0.1, 0.15) is 41.8 Å². The summed E-state index contributed by atoms with van der Waals surface area (Å²) in [5.41, 5.74) is 2.76. The molecule has 0 spiro atoms. The molecule has 0 aliphatic carbocycles. The Morgan fingerprint density at radius 3 is 2.75 bits per heavy atom. The molecule has 1 aromatic carbocycles. The summed E-state index contributed by atoms with van der Waals surface area (Å²) in [6, 6.07) is 5.56. The molecule has 0 saturated carbocycles. The van der Waals surface area contributed by atoms with E-state index < -0.39 is 0 Å². The molecule has 0 unspecified atom stereocenters. The molecular weight excluding hydrogens is 250 g/mol. The molecule has 1 aromatic rings. The third kappa shape index (κ3) is 3.20. The summed E-state index contributed by atoms with van der Waals surface area (Å²) in [6.45, 7) is 7.82. The smallest absolute Gasteiger partial charge is 0.253 e. The lowest BCUT2D eigenvalue weighted by molar-refractivity contribution is 0.0778. The summed E-state index contributed by atoms with van der Waals surface area (Å²) in [5, 5.41) is 8.72. The second-order valence-corrected chi connectivity index (χ2v) is 6.13. The SMILES string of the molecule is Cc1cc(C(=O)N2CCC(C)(C)C2)ccc1C#CCO. The molecule has 0 atom stereocenters. The second kappa shape index (κ2) is 5.68. The molecule has 0 radical (unpaired) electrons. The summed E-state index contributed by atoms with van der Waals surface area (Å²) < 4.78 is 0. The number of amides is 1. The van der Waals surface area contributed by atoms with Gasteiger partial charge in [-0.1, -0.05) is 25.7 Å². The molecule has 1 heterocycles. The fraction of sp³-hybridized carbons (Fsp3) is 0.471. The lowest BCUT2D eigenvalue weighted by Gasteiger charge is -2.20. The molecule has 3 nitrogen and oxygen atoms in total. The summed E-state index contributed by atoms with van der Waals surface area (Å²) in [7, 11) is 0. The zero-order valence-electron chi connectivity index (χ0n) is 12.4.